The number of anilines is 1. The standard InChI is InChI=1S/C25H27NO5/c1-5-31-16-19-14-18(8-12-23(19)29-3)25(27)26-20-9-13-24(30-4)22(15-20)17-6-10-21(28-2)11-7-17/h6-15H,5,16H2,1-4H3,(H,26,27). The molecule has 0 saturated heterocycles. The van der Waals surface area contributed by atoms with Gasteiger partial charge >= 0.3 is 0 Å². The first-order valence-corrected chi connectivity index (χ1v) is 9.98. The van der Waals surface area contributed by atoms with E-state index in [9.17, 15) is 4.79 Å². The van der Waals surface area contributed by atoms with Crippen molar-refractivity contribution in [3.63, 3.8) is 0 Å². The molecule has 0 atom stereocenters. The van der Waals surface area contributed by atoms with Crippen LogP contribution in [0.4, 0.5) is 5.69 Å². The van der Waals surface area contributed by atoms with Gasteiger partial charge in [0.15, 0.2) is 0 Å². The van der Waals surface area contributed by atoms with Gasteiger partial charge in [-0.05, 0) is 61.0 Å². The van der Waals surface area contributed by atoms with E-state index in [2.05, 4.69) is 5.32 Å². The Hall–Kier alpha value is -3.51. The van der Waals surface area contributed by atoms with Gasteiger partial charge in [0.1, 0.15) is 17.2 Å². The van der Waals surface area contributed by atoms with E-state index >= 15 is 0 Å². The molecule has 1 N–H and O–H groups in total. The molecule has 31 heavy (non-hydrogen) atoms. The first kappa shape index (κ1) is 22.2. The zero-order chi connectivity index (χ0) is 22.2. The summed E-state index contributed by atoms with van der Waals surface area (Å²) in [6.07, 6.45) is 0. The number of nitrogens with one attached hydrogen (secondary N) is 1. The second kappa shape index (κ2) is 10.5. The molecule has 3 aromatic rings. The summed E-state index contributed by atoms with van der Waals surface area (Å²) >= 11 is 0. The predicted octanol–water partition coefficient (Wildman–Crippen LogP) is 5.17. The maximum absolute atomic E-state index is 12.9. The van der Waals surface area contributed by atoms with Crippen molar-refractivity contribution in [2.75, 3.05) is 33.3 Å². The minimum Gasteiger partial charge on any atom is -0.497 e. The summed E-state index contributed by atoms with van der Waals surface area (Å²) in [6, 6.07) is 18.5. The highest BCUT2D eigenvalue weighted by Crippen LogP contribution is 2.33. The number of rotatable bonds is 9. The van der Waals surface area contributed by atoms with Gasteiger partial charge in [-0.1, -0.05) is 12.1 Å². The molecular weight excluding hydrogens is 394 g/mol. The Bertz CT molecular complexity index is 1030. The van der Waals surface area contributed by atoms with Crippen molar-refractivity contribution in [1.29, 1.82) is 0 Å². The summed E-state index contributed by atoms with van der Waals surface area (Å²) in [5.41, 5.74) is 3.84. The van der Waals surface area contributed by atoms with Crippen molar-refractivity contribution in [2.24, 2.45) is 0 Å². The molecular formula is C25H27NO5. The van der Waals surface area contributed by atoms with Gasteiger partial charge in [0.05, 0.1) is 27.9 Å². The number of hydrogen-bond donors (Lipinski definition) is 1. The minimum atomic E-state index is -0.216. The molecule has 0 bridgehead atoms. The van der Waals surface area contributed by atoms with E-state index < -0.39 is 0 Å². The van der Waals surface area contributed by atoms with Gasteiger partial charge in [0.2, 0.25) is 0 Å². The minimum absolute atomic E-state index is 0.216. The monoisotopic (exact) mass is 421 g/mol. The Morgan fingerprint density at radius 2 is 1.55 bits per heavy atom. The molecule has 0 aromatic heterocycles. The molecule has 6 nitrogen and oxygen atoms in total. The fraction of sp³-hybridized carbons (Fsp3) is 0.240. The van der Waals surface area contributed by atoms with Crippen LogP contribution in [0.3, 0.4) is 0 Å². The number of hydrogen-bond acceptors (Lipinski definition) is 5. The van der Waals surface area contributed by atoms with Crippen molar-refractivity contribution < 1.29 is 23.7 Å². The first-order valence-electron chi connectivity index (χ1n) is 9.98. The topological polar surface area (TPSA) is 66.0 Å². The normalized spacial score (nSPS) is 10.5. The predicted molar refractivity (Wildman–Crippen MR) is 121 cm³/mol. The molecule has 0 aliphatic carbocycles. The molecule has 6 heteroatoms. The molecule has 162 valence electrons. The Morgan fingerprint density at radius 1 is 0.839 bits per heavy atom. The zero-order valence-corrected chi connectivity index (χ0v) is 18.2. The van der Waals surface area contributed by atoms with Crippen LogP contribution in [0.1, 0.15) is 22.8 Å². The van der Waals surface area contributed by atoms with Crippen molar-refractivity contribution in [2.45, 2.75) is 13.5 Å². The highest BCUT2D eigenvalue weighted by molar-refractivity contribution is 6.05. The van der Waals surface area contributed by atoms with Crippen molar-refractivity contribution in [3.8, 4) is 28.4 Å². The molecule has 0 unspecified atom stereocenters. The van der Waals surface area contributed by atoms with Crippen LogP contribution in [-0.4, -0.2) is 33.8 Å². The van der Waals surface area contributed by atoms with Gasteiger partial charge in [-0.2, -0.15) is 0 Å². The van der Waals surface area contributed by atoms with Gasteiger partial charge in [0.25, 0.3) is 5.91 Å². The van der Waals surface area contributed by atoms with E-state index in [1.807, 2.05) is 49.4 Å². The summed E-state index contributed by atoms with van der Waals surface area (Å²) in [7, 11) is 4.85. The second-order valence-electron chi connectivity index (χ2n) is 6.76. The molecule has 3 aromatic carbocycles. The van der Waals surface area contributed by atoms with E-state index in [0.29, 0.717) is 36.0 Å². The van der Waals surface area contributed by atoms with E-state index in [-0.39, 0.29) is 5.91 Å². The first-order chi connectivity index (χ1) is 15.1. The number of methoxy groups -OCH3 is 3. The van der Waals surface area contributed by atoms with Crippen LogP contribution >= 0.6 is 0 Å². The summed E-state index contributed by atoms with van der Waals surface area (Å²) in [6.45, 7) is 2.89. The average molecular weight is 421 g/mol. The van der Waals surface area contributed by atoms with Gasteiger partial charge in [-0.3, -0.25) is 4.79 Å². The summed E-state index contributed by atoms with van der Waals surface area (Å²) in [5.74, 6) is 1.96. The smallest absolute Gasteiger partial charge is 0.255 e. The lowest BCUT2D eigenvalue weighted by Gasteiger charge is -2.14. The highest BCUT2D eigenvalue weighted by Gasteiger charge is 2.13. The maximum Gasteiger partial charge on any atom is 0.255 e. The third-order valence-electron chi connectivity index (χ3n) is 4.86. The molecule has 0 fully saturated rings. The van der Waals surface area contributed by atoms with E-state index in [4.69, 9.17) is 18.9 Å². The fourth-order valence-corrected chi connectivity index (χ4v) is 3.23. The lowest BCUT2D eigenvalue weighted by Crippen LogP contribution is -2.13. The van der Waals surface area contributed by atoms with Gasteiger partial charge in [0, 0.05) is 29.0 Å². The van der Waals surface area contributed by atoms with Crippen molar-refractivity contribution >= 4 is 11.6 Å². The number of benzene rings is 3. The Morgan fingerprint density at radius 3 is 2.19 bits per heavy atom. The molecule has 3 rings (SSSR count). The third kappa shape index (κ3) is 5.35. The molecule has 0 aliphatic rings. The lowest BCUT2D eigenvalue weighted by atomic mass is 10.0. The fourth-order valence-electron chi connectivity index (χ4n) is 3.23. The molecule has 1 amide bonds. The molecule has 0 radical (unpaired) electrons. The Kier molecular flexibility index (Phi) is 7.51. The highest BCUT2D eigenvalue weighted by atomic mass is 16.5. The Balaban J connectivity index is 1.86. The van der Waals surface area contributed by atoms with Crippen LogP contribution in [0.15, 0.2) is 60.7 Å². The van der Waals surface area contributed by atoms with Gasteiger partial charge in [-0.15, -0.1) is 0 Å². The molecule has 0 saturated carbocycles. The van der Waals surface area contributed by atoms with Crippen LogP contribution in [0, 0.1) is 0 Å². The largest absolute Gasteiger partial charge is 0.497 e. The molecule has 0 heterocycles. The van der Waals surface area contributed by atoms with Gasteiger partial charge < -0.3 is 24.3 Å². The maximum atomic E-state index is 12.9. The van der Waals surface area contributed by atoms with Crippen molar-refractivity contribution in [1.82, 2.24) is 0 Å². The van der Waals surface area contributed by atoms with Crippen LogP contribution in [-0.2, 0) is 11.3 Å². The van der Waals surface area contributed by atoms with Crippen molar-refractivity contribution in [3.05, 3.63) is 71.8 Å². The quantitative estimate of drug-likeness (QED) is 0.516. The molecule has 0 spiro atoms. The van der Waals surface area contributed by atoms with Crippen LogP contribution in [0.2, 0.25) is 0 Å². The number of amides is 1. The second-order valence-corrected chi connectivity index (χ2v) is 6.76. The molecule has 0 aliphatic heterocycles. The third-order valence-corrected chi connectivity index (χ3v) is 4.86. The van der Waals surface area contributed by atoms with Crippen LogP contribution in [0.5, 0.6) is 17.2 Å². The SMILES string of the molecule is CCOCc1cc(C(=O)Nc2ccc(OC)c(-c3ccc(OC)cc3)c2)ccc1OC. The summed E-state index contributed by atoms with van der Waals surface area (Å²) in [4.78, 5) is 12.9. The van der Waals surface area contributed by atoms with E-state index in [1.54, 1.807) is 39.5 Å². The number of carbonyl (C=O) groups excluding carboxylic acids is 1. The van der Waals surface area contributed by atoms with E-state index in [0.717, 1.165) is 22.4 Å². The lowest BCUT2D eigenvalue weighted by molar-refractivity contribution is 0.102. The zero-order valence-electron chi connectivity index (χ0n) is 18.2. The van der Waals surface area contributed by atoms with Crippen LogP contribution < -0.4 is 19.5 Å². The number of carbonyl (C=O) groups is 1. The van der Waals surface area contributed by atoms with E-state index in [1.165, 1.54) is 0 Å². The number of ether oxygens (including phenoxy) is 4. The average Bonchev–Trinajstić information content (AvgIpc) is 2.82. The van der Waals surface area contributed by atoms with Crippen LogP contribution in [0.25, 0.3) is 11.1 Å². The summed E-state index contributed by atoms with van der Waals surface area (Å²) in [5, 5.41) is 2.96. The summed E-state index contributed by atoms with van der Waals surface area (Å²) < 4.78 is 21.6. The van der Waals surface area contributed by atoms with Gasteiger partial charge in [-0.25, -0.2) is 0 Å². The Labute approximate surface area is 182 Å².